The second-order valence-electron chi connectivity index (χ2n) is 7.20. The fraction of sp³-hybridized carbons (Fsp3) is 0.526. The molecule has 2 heterocycles. The molecule has 1 aromatic heterocycles. The highest BCUT2D eigenvalue weighted by Gasteiger charge is 2.25. The number of amides is 1. The van der Waals surface area contributed by atoms with Crippen LogP contribution in [-0.2, 0) is 11.3 Å². The number of nitrogens with zero attached hydrogens (tertiary/aromatic N) is 4. The number of nitrogens with one attached hydrogen (secondary N) is 1. The summed E-state index contributed by atoms with van der Waals surface area (Å²) in [6.45, 7) is 7.18. The van der Waals surface area contributed by atoms with Gasteiger partial charge in [-0.25, -0.2) is 0 Å². The van der Waals surface area contributed by atoms with E-state index in [4.69, 9.17) is 4.52 Å². The predicted octanol–water partition coefficient (Wildman–Crippen LogP) is 1.93. The lowest BCUT2D eigenvalue weighted by Gasteiger charge is -2.30. The smallest absolute Gasteiger partial charge is 0.257 e. The van der Waals surface area contributed by atoms with Crippen molar-refractivity contribution in [2.45, 2.75) is 26.4 Å². The third-order valence-corrected chi connectivity index (χ3v) is 4.74. The Bertz CT molecular complexity index is 741. The van der Waals surface area contributed by atoms with Crippen LogP contribution >= 0.6 is 0 Å². The molecule has 1 atom stereocenters. The van der Waals surface area contributed by atoms with Crippen molar-refractivity contribution in [3.05, 3.63) is 35.7 Å². The summed E-state index contributed by atoms with van der Waals surface area (Å²) in [6, 6.07) is 8.05. The Kier molecular flexibility index (Phi) is 5.68. The van der Waals surface area contributed by atoms with Crippen molar-refractivity contribution in [1.29, 1.82) is 0 Å². The fourth-order valence-electron chi connectivity index (χ4n) is 3.13. The van der Waals surface area contributed by atoms with Crippen molar-refractivity contribution >= 4 is 5.91 Å². The lowest BCUT2D eigenvalue weighted by molar-refractivity contribution is -0.133. The van der Waals surface area contributed by atoms with Crippen LogP contribution in [0.4, 0.5) is 0 Å². The van der Waals surface area contributed by atoms with Crippen molar-refractivity contribution in [1.82, 2.24) is 25.3 Å². The first-order chi connectivity index (χ1) is 12.5. The average Bonchev–Trinajstić information content (AvgIpc) is 3.11. The molecule has 0 aliphatic carbocycles. The van der Waals surface area contributed by atoms with E-state index in [-0.39, 0.29) is 17.9 Å². The molecule has 3 rings (SSSR count). The Morgan fingerprint density at radius 1 is 1.38 bits per heavy atom. The predicted molar refractivity (Wildman–Crippen MR) is 99.3 cm³/mol. The van der Waals surface area contributed by atoms with Crippen molar-refractivity contribution in [3.63, 3.8) is 0 Å². The molecule has 7 heteroatoms. The Morgan fingerprint density at radius 3 is 2.77 bits per heavy atom. The molecular formula is C19H27N5O2. The highest BCUT2D eigenvalue weighted by Crippen LogP contribution is 2.23. The molecule has 1 aliphatic heterocycles. The van der Waals surface area contributed by atoms with Gasteiger partial charge in [0.2, 0.25) is 5.91 Å². The van der Waals surface area contributed by atoms with E-state index in [1.807, 2.05) is 45.2 Å². The summed E-state index contributed by atoms with van der Waals surface area (Å²) in [7, 11) is 3.90. The number of benzene rings is 1. The van der Waals surface area contributed by atoms with Crippen LogP contribution < -0.4 is 5.32 Å². The minimum absolute atomic E-state index is 0.00324. The molecule has 1 fully saturated rings. The minimum atomic E-state index is 0.00324. The first kappa shape index (κ1) is 18.5. The maximum absolute atomic E-state index is 12.0. The summed E-state index contributed by atoms with van der Waals surface area (Å²) in [5, 5.41) is 7.52. The van der Waals surface area contributed by atoms with Crippen LogP contribution in [0.15, 0.2) is 28.8 Å². The number of carbonyl (C=O) groups is 1. The van der Waals surface area contributed by atoms with Crippen LogP contribution in [0.25, 0.3) is 11.5 Å². The van der Waals surface area contributed by atoms with Gasteiger partial charge in [-0.2, -0.15) is 4.98 Å². The molecule has 1 saturated heterocycles. The zero-order chi connectivity index (χ0) is 18.7. The third kappa shape index (κ3) is 4.11. The topological polar surface area (TPSA) is 74.5 Å². The van der Waals surface area contributed by atoms with Crippen LogP contribution in [0.2, 0.25) is 0 Å². The molecular weight excluding hydrogens is 330 g/mol. The van der Waals surface area contributed by atoms with E-state index in [1.165, 1.54) is 0 Å². The van der Waals surface area contributed by atoms with Gasteiger partial charge in [-0.05, 0) is 24.7 Å². The lowest BCUT2D eigenvalue weighted by atomic mass is 10.1. The van der Waals surface area contributed by atoms with E-state index < -0.39 is 0 Å². The summed E-state index contributed by atoms with van der Waals surface area (Å²) in [6.07, 6.45) is 0. The van der Waals surface area contributed by atoms with E-state index in [0.29, 0.717) is 18.3 Å². The van der Waals surface area contributed by atoms with Gasteiger partial charge in [0.25, 0.3) is 5.89 Å². The number of carbonyl (C=O) groups excluding carboxylic acids is 1. The van der Waals surface area contributed by atoms with Gasteiger partial charge in [0.05, 0.1) is 6.04 Å². The lowest BCUT2D eigenvalue weighted by Crippen LogP contribution is -2.44. The van der Waals surface area contributed by atoms with Crippen LogP contribution in [0.3, 0.4) is 0 Å². The maximum Gasteiger partial charge on any atom is 0.257 e. The van der Waals surface area contributed by atoms with Crippen LogP contribution in [-0.4, -0.2) is 59.6 Å². The Balaban J connectivity index is 1.68. The van der Waals surface area contributed by atoms with Crippen LogP contribution in [0.5, 0.6) is 0 Å². The van der Waals surface area contributed by atoms with Gasteiger partial charge in [0, 0.05) is 44.7 Å². The molecule has 1 amide bonds. The number of hydrogen-bond donors (Lipinski definition) is 1. The molecule has 7 nitrogen and oxygen atoms in total. The number of likely N-dealkylation sites (N-methyl/N-ethyl adjacent to an activating group) is 1. The van der Waals surface area contributed by atoms with Gasteiger partial charge in [-0.3, -0.25) is 9.69 Å². The molecule has 140 valence electrons. The summed E-state index contributed by atoms with van der Waals surface area (Å²) in [5.74, 6) is 1.38. The summed E-state index contributed by atoms with van der Waals surface area (Å²) in [4.78, 5) is 20.5. The summed E-state index contributed by atoms with van der Waals surface area (Å²) < 4.78 is 5.46. The molecule has 2 aromatic rings. The SMILES string of the molecule is CC(C)C(=O)N(C)Cc1ccc(-c2nc(C3CNCCN3C)no2)cc1. The van der Waals surface area contributed by atoms with E-state index in [9.17, 15) is 4.79 Å². The second-order valence-corrected chi connectivity index (χ2v) is 7.20. The van der Waals surface area contributed by atoms with Crippen molar-refractivity contribution < 1.29 is 9.32 Å². The van der Waals surface area contributed by atoms with Crippen molar-refractivity contribution in [3.8, 4) is 11.5 Å². The standard InChI is InChI=1S/C19H27N5O2/c1-13(2)19(25)24(4)12-14-5-7-15(8-6-14)18-21-17(22-26-18)16-11-20-9-10-23(16)3/h5-8,13,16,20H,9-12H2,1-4H3. The van der Waals surface area contributed by atoms with E-state index in [2.05, 4.69) is 27.4 Å². The Morgan fingerprint density at radius 2 is 2.12 bits per heavy atom. The molecule has 0 bridgehead atoms. The first-order valence-corrected chi connectivity index (χ1v) is 9.04. The van der Waals surface area contributed by atoms with Gasteiger partial charge in [-0.1, -0.05) is 31.1 Å². The minimum Gasteiger partial charge on any atom is -0.341 e. The number of rotatable bonds is 5. The second kappa shape index (κ2) is 7.97. The Hall–Kier alpha value is -2.25. The molecule has 0 radical (unpaired) electrons. The van der Waals surface area contributed by atoms with E-state index in [1.54, 1.807) is 4.90 Å². The van der Waals surface area contributed by atoms with Gasteiger partial charge in [-0.15, -0.1) is 0 Å². The molecule has 1 N–H and O–H groups in total. The van der Waals surface area contributed by atoms with Gasteiger partial charge < -0.3 is 14.7 Å². The van der Waals surface area contributed by atoms with Gasteiger partial charge >= 0.3 is 0 Å². The monoisotopic (exact) mass is 357 g/mol. The van der Waals surface area contributed by atoms with Gasteiger partial charge in [0.15, 0.2) is 5.82 Å². The quantitative estimate of drug-likeness (QED) is 0.881. The normalized spacial score (nSPS) is 18.3. The fourth-order valence-corrected chi connectivity index (χ4v) is 3.13. The molecule has 26 heavy (non-hydrogen) atoms. The molecule has 0 spiro atoms. The highest BCUT2D eigenvalue weighted by atomic mass is 16.5. The molecule has 1 unspecified atom stereocenters. The van der Waals surface area contributed by atoms with E-state index in [0.717, 1.165) is 30.8 Å². The highest BCUT2D eigenvalue weighted by molar-refractivity contribution is 5.77. The van der Waals surface area contributed by atoms with Crippen molar-refractivity contribution in [2.75, 3.05) is 33.7 Å². The molecule has 1 aliphatic rings. The Labute approximate surface area is 154 Å². The summed E-state index contributed by atoms with van der Waals surface area (Å²) in [5.41, 5.74) is 1.96. The maximum atomic E-state index is 12.0. The molecule has 1 aromatic carbocycles. The molecule has 0 saturated carbocycles. The van der Waals surface area contributed by atoms with Crippen molar-refractivity contribution in [2.24, 2.45) is 5.92 Å². The average molecular weight is 357 g/mol. The summed E-state index contributed by atoms with van der Waals surface area (Å²) >= 11 is 0. The zero-order valence-electron chi connectivity index (χ0n) is 15.9. The number of hydrogen-bond acceptors (Lipinski definition) is 6. The van der Waals surface area contributed by atoms with Crippen LogP contribution in [0.1, 0.15) is 31.3 Å². The number of aromatic nitrogens is 2. The van der Waals surface area contributed by atoms with E-state index >= 15 is 0 Å². The third-order valence-electron chi connectivity index (χ3n) is 4.74. The zero-order valence-corrected chi connectivity index (χ0v) is 15.9. The first-order valence-electron chi connectivity index (χ1n) is 9.04. The number of piperazine rings is 1. The van der Waals surface area contributed by atoms with Crippen LogP contribution in [0, 0.1) is 5.92 Å². The van der Waals surface area contributed by atoms with Gasteiger partial charge in [0.1, 0.15) is 0 Å². The largest absolute Gasteiger partial charge is 0.341 e.